The van der Waals surface area contributed by atoms with Gasteiger partial charge < -0.3 is 29.7 Å². The van der Waals surface area contributed by atoms with Crippen LogP contribution in [0.2, 0.25) is 0 Å². The first-order valence-corrected chi connectivity index (χ1v) is 13.6. The molecule has 1 spiro atoms. The molecule has 3 heterocycles. The van der Waals surface area contributed by atoms with Crippen LogP contribution < -0.4 is 19.5 Å². The largest absolute Gasteiger partial charge is 0.504 e. The van der Waals surface area contributed by atoms with Crippen LogP contribution in [0.25, 0.3) is 0 Å². The standard InChI is InChI=1S/C29H30N2O7/c32-19-5-3-16-11-22-29(35)13-18(27(34)30-17-4-6-20-21(12-17)37-10-9-36-20)24(33)26-28(29,23(16)25(19)38-26)7-8-31(22)14-15-1-2-15/h3-6,12,15,18,22,26,32,35H,1-2,7-11,13-14H2,(H,30,34)/t18?,22-,26+,28+,29-/m1/s1. The number of fused-ring (bicyclic) bond motifs is 1. The highest BCUT2D eigenvalue weighted by Crippen LogP contribution is 2.65. The Morgan fingerprint density at radius 1 is 1.13 bits per heavy atom. The van der Waals surface area contributed by atoms with Gasteiger partial charge in [-0.2, -0.15) is 0 Å². The number of ether oxygens (including phenoxy) is 3. The number of piperidine rings is 1. The second kappa shape index (κ2) is 7.64. The first kappa shape index (κ1) is 22.7. The molecule has 3 N–H and O–H groups in total. The van der Waals surface area contributed by atoms with Crippen molar-refractivity contribution in [3.05, 3.63) is 41.5 Å². The van der Waals surface area contributed by atoms with Gasteiger partial charge in [0.25, 0.3) is 0 Å². The quantitative estimate of drug-likeness (QED) is 0.528. The first-order chi connectivity index (χ1) is 18.4. The van der Waals surface area contributed by atoms with E-state index in [1.807, 2.05) is 6.07 Å². The zero-order chi connectivity index (χ0) is 25.8. The number of phenols is 1. The number of nitrogens with one attached hydrogen (secondary N) is 1. The van der Waals surface area contributed by atoms with E-state index in [2.05, 4.69) is 10.2 Å². The Bertz CT molecular complexity index is 1390. The SMILES string of the molecule is O=C(Nc1ccc2c(c1)OCCO2)C1C[C@@]2(O)[C@H]3Cc4ccc(O)c5c4[C@@]2(CCN3CC2CC2)[C@@H](O5)C1=O. The molecular formula is C29H30N2O7. The molecule has 8 rings (SSSR count). The van der Waals surface area contributed by atoms with E-state index >= 15 is 0 Å². The number of benzene rings is 2. The topological polar surface area (TPSA) is 118 Å². The van der Waals surface area contributed by atoms with Crippen molar-refractivity contribution in [3.63, 3.8) is 0 Å². The second-order valence-corrected chi connectivity index (χ2v) is 11.8. The monoisotopic (exact) mass is 518 g/mol. The number of carbonyl (C=O) groups is 2. The average molecular weight is 519 g/mol. The van der Waals surface area contributed by atoms with Gasteiger partial charge in [0, 0.05) is 29.9 Å². The molecule has 2 aromatic carbocycles. The zero-order valence-corrected chi connectivity index (χ0v) is 20.9. The van der Waals surface area contributed by atoms with Crippen molar-refractivity contribution in [2.24, 2.45) is 11.8 Å². The molecule has 3 aliphatic carbocycles. The number of likely N-dealkylation sites (tertiary alicyclic amines) is 1. The number of nitrogens with zero attached hydrogens (tertiary/aromatic N) is 1. The minimum Gasteiger partial charge on any atom is -0.504 e. The van der Waals surface area contributed by atoms with Crippen molar-refractivity contribution in [2.45, 2.75) is 55.3 Å². The fourth-order valence-electron chi connectivity index (χ4n) is 7.87. The Morgan fingerprint density at radius 3 is 2.76 bits per heavy atom. The van der Waals surface area contributed by atoms with E-state index in [1.165, 1.54) is 12.8 Å². The van der Waals surface area contributed by atoms with E-state index < -0.39 is 28.9 Å². The number of anilines is 1. The molecule has 0 aromatic heterocycles. The van der Waals surface area contributed by atoms with Gasteiger partial charge in [-0.25, -0.2) is 0 Å². The van der Waals surface area contributed by atoms with Gasteiger partial charge in [-0.05, 0) is 68.3 Å². The molecule has 3 aliphatic heterocycles. The van der Waals surface area contributed by atoms with E-state index in [1.54, 1.807) is 24.3 Å². The summed E-state index contributed by atoms with van der Waals surface area (Å²) in [4.78, 5) is 30.0. The molecule has 198 valence electrons. The molecule has 38 heavy (non-hydrogen) atoms. The van der Waals surface area contributed by atoms with Crippen LogP contribution in [-0.4, -0.2) is 70.9 Å². The summed E-state index contributed by atoms with van der Waals surface area (Å²) in [6.07, 6.45) is 2.53. The lowest BCUT2D eigenvalue weighted by molar-refractivity contribution is -0.197. The van der Waals surface area contributed by atoms with Gasteiger partial charge >= 0.3 is 0 Å². The summed E-state index contributed by atoms with van der Waals surface area (Å²) < 4.78 is 17.4. The molecule has 3 fully saturated rings. The number of hydrogen-bond donors (Lipinski definition) is 3. The lowest BCUT2D eigenvalue weighted by Crippen LogP contribution is -2.78. The third kappa shape index (κ3) is 2.89. The number of amides is 1. The van der Waals surface area contributed by atoms with Crippen LogP contribution in [0.1, 0.15) is 36.8 Å². The summed E-state index contributed by atoms with van der Waals surface area (Å²) in [7, 11) is 0. The zero-order valence-electron chi connectivity index (χ0n) is 20.9. The van der Waals surface area contributed by atoms with Crippen LogP contribution >= 0.6 is 0 Å². The van der Waals surface area contributed by atoms with Crippen LogP contribution in [0.4, 0.5) is 5.69 Å². The molecule has 1 saturated heterocycles. The predicted octanol–water partition coefficient (Wildman–Crippen LogP) is 2.16. The van der Waals surface area contributed by atoms with Crippen molar-refractivity contribution in [1.29, 1.82) is 0 Å². The van der Waals surface area contributed by atoms with E-state index in [-0.39, 0.29) is 24.0 Å². The molecule has 5 atom stereocenters. The number of aliphatic hydroxyl groups is 1. The highest BCUT2D eigenvalue weighted by Gasteiger charge is 2.75. The highest BCUT2D eigenvalue weighted by atomic mass is 16.6. The number of carbonyl (C=O) groups excluding carboxylic acids is 2. The van der Waals surface area contributed by atoms with Gasteiger partial charge in [-0.15, -0.1) is 0 Å². The summed E-state index contributed by atoms with van der Waals surface area (Å²) in [5.41, 5.74) is -0.0352. The van der Waals surface area contributed by atoms with Crippen LogP contribution in [0, 0.1) is 11.8 Å². The molecule has 2 saturated carbocycles. The van der Waals surface area contributed by atoms with Crippen molar-refractivity contribution in [3.8, 4) is 23.0 Å². The predicted molar refractivity (Wildman–Crippen MR) is 135 cm³/mol. The minimum atomic E-state index is -1.35. The third-order valence-electron chi connectivity index (χ3n) is 9.76. The fraction of sp³-hybridized carbons (Fsp3) is 0.517. The van der Waals surface area contributed by atoms with Gasteiger partial charge in [0.15, 0.2) is 34.9 Å². The van der Waals surface area contributed by atoms with Gasteiger partial charge in [0.2, 0.25) is 5.91 Å². The summed E-state index contributed by atoms with van der Waals surface area (Å²) in [6, 6.07) is 8.42. The third-order valence-corrected chi connectivity index (χ3v) is 9.76. The smallest absolute Gasteiger partial charge is 0.235 e. The molecule has 1 unspecified atom stereocenters. The Hall–Kier alpha value is -3.30. The Labute approximate surface area is 219 Å². The summed E-state index contributed by atoms with van der Waals surface area (Å²) in [6.45, 7) is 2.56. The summed E-state index contributed by atoms with van der Waals surface area (Å²) >= 11 is 0. The maximum atomic E-state index is 14.0. The van der Waals surface area contributed by atoms with Gasteiger partial charge in [0.1, 0.15) is 19.1 Å². The van der Waals surface area contributed by atoms with Crippen LogP contribution in [0.5, 0.6) is 23.0 Å². The van der Waals surface area contributed by atoms with Gasteiger partial charge in [-0.3, -0.25) is 14.5 Å². The van der Waals surface area contributed by atoms with Crippen molar-refractivity contribution < 1.29 is 34.0 Å². The lowest BCUT2D eigenvalue weighted by Gasteiger charge is -2.63. The second-order valence-electron chi connectivity index (χ2n) is 11.8. The maximum Gasteiger partial charge on any atom is 0.235 e. The average Bonchev–Trinajstić information content (AvgIpc) is 3.65. The van der Waals surface area contributed by atoms with E-state index in [0.717, 1.165) is 24.2 Å². The van der Waals surface area contributed by atoms with Gasteiger partial charge in [0.05, 0.1) is 11.0 Å². The molecule has 0 radical (unpaired) electrons. The molecule has 9 heteroatoms. The number of ketones is 1. The number of rotatable bonds is 4. The van der Waals surface area contributed by atoms with E-state index in [4.69, 9.17) is 14.2 Å². The van der Waals surface area contributed by atoms with Crippen molar-refractivity contribution >= 4 is 17.4 Å². The van der Waals surface area contributed by atoms with Gasteiger partial charge in [-0.1, -0.05) is 6.07 Å². The Balaban J connectivity index is 1.18. The number of Topliss-reactive ketones (excluding diaryl/α,β-unsaturated/α-hetero) is 1. The Morgan fingerprint density at radius 2 is 1.95 bits per heavy atom. The minimum absolute atomic E-state index is 0.0163. The molecule has 1 amide bonds. The van der Waals surface area contributed by atoms with Crippen molar-refractivity contribution in [1.82, 2.24) is 4.90 Å². The number of phenolic OH excluding ortho intramolecular Hbond substituents is 1. The molecule has 6 aliphatic rings. The first-order valence-electron chi connectivity index (χ1n) is 13.6. The highest BCUT2D eigenvalue weighted by molar-refractivity contribution is 6.10. The van der Waals surface area contributed by atoms with E-state index in [9.17, 15) is 19.8 Å². The molecule has 2 aromatic rings. The van der Waals surface area contributed by atoms with Crippen LogP contribution in [-0.2, 0) is 21.4 Å². The maximum absolute atomic E-state index is 14.0. The Kier molecular flexibility index (Phi) is 4.55. The number of aromatic hydroxyl groups is 1. The molecule has 9 nitrogen and oxygen atoms in total. The van der Waals surface area contributed by atoms with Crippen LogP contribution in [0.15, 0.2) is 30.3 Å². The fourth-order valence-corrected chi connectivity index (χ4v) is 7.87. The number of hydrogen-bond acceptors (Lipinski definition) is 8. The molecular weight excluding hydrogens is 488 g/mol. The molecule has 2 bridgehead atoms. The van der Waals surface area contributed by atoms with Crippen molar-refractivity contribution in [2.75, 3.05) is 31.6 Å². The lowest BCUT2D eigenvalue weighted by atomic mass is 9.47. The van der Waals surface area contributed by atoms with Crippen LogP contribution in [0.3, 0.4) is 0 Å². The normalized spacial score (nSPS) is 34.3. The van der Waals surface area contributed by atoms with E-state index in [0.29, 0.717) is 54.9 Å². The summed E-state index contributed by atoms with van der Waals surface area (Å²) in [5.74, 6) is 0.140. The summed E-state index contributed by atoms with van der Waals surface area (Å²) in [5, 5.41) is 26.3.